The molecule has 0 N–H and O–H groups in total. The van der Waals surface area contributed by atoms with Crippen LogP contribution < -0.4 is 28.5 Å². The number of aryl methyl sites for hydroxylation is 2. The summed E-state index contributed by atoms with van der Waals surface area (Å²) in [6.45, 7) is 4.68. The number of thiazole rings is 3. The lowest BCUT2D eigenvalue weighted by atomic mass is 10.3. The summed E-state index contributed by atoms with van der Waals surface area (Å²) in [6, 6.07) is 25.1. The molecule has 0 aliphatic carbocycles. The second-order valence-corrected chi connectivity index (χ2v) is 16.1. The Morgan fingerprint density at radius 3 is 2.02 bits per heavy atom. The second-order valence-electron chi connectivity index (χ2n) is 10.3. The molecule has 2 aliphatic heterocycles. The zero-order valence-electron chi connectivity index (χ0n) is 27.4. The van der Waals surface area contributed by atoms with Gasteiger partial charge >= 0.3 is 0 Å². The van der Waals surface area contributed by atoms with Crippen LogP contribution in [0, 0.1) is 3.95 Å². The van der Waals surface area contributed by atoms with E-state index in [-0.39, 0.29) is 36.6 Å². The molecule has 49 heavy (non-hydrogen) atoms. The van der Waals surface area contributed by atoms with Crippen LogP contribution in [-0.4, -0.2) is 66.0 Å². The van der Waals surface area contributed by atoms with Crippen LogP contribution in [0.3, 0.4) is 0 Å². The van der Waals surface area contributed by atoms with Gasteiger partial charge in [-0.2, -0.15) is 4.57 Å². The Balaban J connectivity index is 0.000000164. The molecule has 3 aromatic carbocycles. The highest BCUT2D eigenvalue weighted by Crippen LogP contribution is 2.28. The van der Waals surface area contributed by atoms with Gasteiger partial charge in [-0.3, -0.25) is 0 Å². The van der Waals surface area contributed by atoms with Crippen molar-refractivity contribution >= 4 is 123 Å². The molecule has 6 aromatic rings. The number of benzene rings is 3. The first-order valence-electron chi connectivity index (χ1n) is 15.4. The van der Waals surface area contributed by atoms with Crippen molar-refractivity contribution in [3.63, 3.8) is 0 Å². The van der Waals surface area contributed by atoms with Crippen molar-refractivity contribution in [1.29, 1.82) is 0 Å². The molecule has 0 saturated carbocycles. The summed E-state index contributed by atoms with van der Waals surface area (Å²) in [7, 11) is 0. The summed E-state index contributed by atoms with van der Waals surface area (Å²) in [5.41, 5.74) is 3.63. The number of rotatable bonds is 8. The minimum atomic E-state index is -0.0597. The number of hydrogen-bond acceptors (Lipinski definition) is 11. The molecule has 7 nitrogen and oxygen atoms in total. The second kappa shape index (κ2) is 21.9. The van der Waals surface area contributed by atoms with E-state index >= 15 is 0 Å². The van der Waals surface area contributed by atoms with E-state index in [9.17, 15) is 0 Å². The van der Waals surface area contributed by atoms with Gasteiger partial charge < -0.3 is 47.5 Å². The molecule has 264 valence electrons. The average Bonchev–Trinajstić information content (AvgIpc) is 3.98. The fourth-order valence-corrected chi connectivity index (χ4v) is 9.95. The van der Waals surface area contributed by atoms with Crippen molar-refractivity contribution in [3.05, 3.63) is 76.8 Å². The highest BCUT2D eigenvalue weighted by molar-refractivity contribution is 14.1. The molecule has 0 radical (unpaired) electrons. The van der Waals surface area contributed by atoms with Gasteiger partial charge in [0.1, 0.15) is 4.70 Å². The first-order valence-corrected chi connectivity index (χ1v) is 22.9. The fraction of sp³-hybridized carbons (Fsp3) is 0.382. The maximum Gasteiger partial charge on any atom is 0.298 e. The zero-order chi connectivity index (χ0) is 33.7. The Kier molecular flexibility index (Phi) is 18.5. The summed E-state index contributed by atoms with van der Waals surface area (Å²) < 4.78 is 33.7. The van der Waals surface area contributed by atoms with Crippen LogP contribution in [0.5, 0.6) is 0 Å². The summed E-state index contributed by atoms with van der Waals surface area (Å²) in [6.07, 6.45) is 5.87. The highest BCUT2D eigenvalue weighted by atomic mass is 127. The number of ether oxygens (including phenoxy) is 4. The lowest BCUT2D eigenvalue weighted by Crippen LogP contribution is -3.00. The largest absolute Gasteiger partial charge is 1.00 e. The van der Waals surface area contributed by atoms with Gasteiger partial charge in [-0.25, -0.2) is 4.98 Å². The van der Waals surface area contributed by atoms with Crippen LogP contribution in [0.15, 0.2) is 81.5 Å². The van der Waals surface area contributed by atoms with Crippen LogP contribution in [0.4, 0.5) is 0 Å². The van der Waals surface area contributed by atoms with Crippen molar-refractivity contribution in [2.24, 2.45) is 0 Å². The van der Waals surface area contributed by atoms with Gasteiger partial charge in [-0.1, -0.05) is 82.1 Å². The summed E-state index contributed by atoms with van der Waals surface area (Å²) in [5, 5.41) is 0. The molecular formula is C34H39I2N3O4S6. The molecule has 0 amide bonds. The number of alkyl halides is 1. The van der Waals surface area contributed by atoms with Crippen LogP contribution in [-0.2, 0) is 32.0 Å². The molecular weight excluding hydrogens is 961 g/mol. The Hall–Kier alpha value is -0.450. The first-order chi connectivity index (χ1) is 23.6. The minimum Gasteiger partial charge on any atom is -1.00 e. The molecule has 8 rings (SSSR count). The smallest absolute Gasteiger partial charge is 0.298 e. The lowest BCUT2D eigenvalue weighted by molar-refractivity contribution is -0.703. The quantitative estimate of drug-likeness (QED) is 0.0535. The van der Waals surface area contributed by atoms with Crippen LogP contribution in [0.25, 0.3) is 30.6 Å². The van der Waals surface area contributed by atoms with E-state index in [1.54, 1.807) is 46.2 Å². The Bertz CT molecular complexity index is 1890. The third kappa shape index (κ3) is 11.5. The van der Waals surface area contributed by atoms with E-state index in [1.165, 1.54) is 29.5 Å². The monoisotopic (exact) mass is 999 g/mol. The van der Waals surface area contributed by atoms with Crippen molar-refractivity contribution < 1.29 is 47.5 Å². The summed E-state index contributed by atoms with van der Waals surface area (Å²) >= 11 is 16.3. The SMILES string of the molecule is CI.CSc1nc2ccccc2s1.CSc1sc2ccccc2[n+]1CCC1OCCO1.S=c1sc2ccccc2n1CCC1OCCO1.[I-]. The molecule has 0 bridgehead atoms. The fourth-order valence-electron chi connectivity index (χ4n) is 5.16. The predicted octanol–water partition coefficient (Wildman–Crippen LogP) is 6.94. The van der Waals surface area contributed by atoms with Gasteiger partial charge in [0.15, 0.2) is 27.4 Å². The van der Waals surface area contributed by atoms with Crippen LogP contribution in [0.1, 0.15) is 12.8 Å². The molecule has 2 aliphatic rings. The number of nitrogens with zero attached hydrogens (tertiary/aromatic N) is 3. The Labute approximate surface area is 344 Å². The van der Waals surface area contributed by atoms with Crippen LogP contribution in [0.2, 0.25) is 0 Å². The van der Waals surface area contributed by atoms with Gasteiger partial charge in [0.2, 0.25) is 5.52 Å². The average molecular weight is 1000 g/mol. The molecule has 0 atom stereocenters. The molecule has 2 fully saturated rings. The zero-order valence-corrected chi connectivity index (χ0v) is 36.6. The van der Waals surface area contributed by atoms with Gasteiger partial charge in [-0.15, -0.1) is 22.7 Å². The normalized spacial score (nSPS) is 14.5. The van der Waals surface area contributed by atoms with Gasteiger partial charge in [-0.05, 0) is 71.8 Å². The number of thioether (sulfide) groups is 2. The van der Waals surface area contributed by atoms with Gasteiger partial charge in [0, 0.05) is 19.0 Å². The Morgan fingerprint density at radius 1 is 0.776 bits per heavy atom. The molecule has 15 heteroatoms. The minimum absolute atomic E-state index is 0. The standard InChI is InChI=1S/C13H16NO2S2.C12H13NO2S2.C8H7NS2.CH3I.HI/c1-17-13-14(7-6-12-15-8-9-16-12)10-4-2-3-5-11(10)18-13;16-12-13(6-5-11-14-7-8-15-11)9-3-1-2-4-10(9)17-12;1-10-8-9-6-4-2-3-5-7(6)11-8;1-2;/h2-5,12H,6-9H2,1H3;1-4,11H,5-8H2;2-5H,1H3;1H3;1H/q+1;;;;/p-1. The molecule has 0 spiro atoms. The van der Waals surface area contributed by atoms with E-state index in [1.807, 2.05) is 46.6 Å². The molecule has 5 heterocycles. The van der Waals surface area contributed by atoms with Crippen molar-refractivity contribution in [3.8, 4) is 0 Å². The van der Waals surface area contributed by atoms with E-state index in [2.05, 4.69) is 91.7 Å². The molecule has 3 aromatic heterocycles. The van der Waals surface area contributed by atoms with Crippen molar-refractivity contribution in [2.45, 2.75) is 47.2 Å². The Morgan fingerprint density at radius 2 is 1.37 bits per heavy atom. The lowest BCUT2D eigenvalue weighted by Gasteiger charge is -2.09. The van der Waals surface area contributed by atoms with Crippen LogP contribution >= 0.6 is 92.3 Å². The van der Waals surface area contributed by atoms with Gasteiger partial charge in [0.05, 0.1) is 53.3 Å². The van der Waals surface area contributed by atoms with E-state index in [0.717, 1.165) is 53.0 Å². The number of fused-ring (bicyclic) bond motifs is 3. The topological polar surface area (TPSA) is 58.6 Å². The van der Waals surface area contributed by atoms with E-state index in [4.69, 9.17) is 31.2 Å². The van der Waals surface area contributed by atoms with E-state index in [0.29, 0.717) is 13.2 Å². The highest BCUT2D eigenvalue weighted by Gasteiger charge is 2.23. The summed E-state index contributed by atoms with van der Waals surface area (Å²) in [4.78, 5) is 6.38. The predicted molar refractivity (Wildman–Crippen MR) is 216 cm³/mol. The maximum absolute atomic E-state index is 5.50. The number of para-hydroxylation sites is 3. The molecule has 2 saturated heterocycles. The van der Waals surface area contributed by atoms with E-state index < -0.39 is 0 Å². The summed E-state index contributed by atoms with van der Waals surface area (Å²) in [5.74, 6) is 0. The number of hydrogen-bond donors (Lipinski definition) is 0. The van der Waals surface area contributed by atoms with Crippen molar-refractivity contribution in [1.82, 2.24) is 9.55 Å². The number of halogens is 2. The first kappa shape index (κ1) is 41.3. The number of aromatic nitrogens is 3. The van der Waals surface area contributed by atoms with Crippen molar-refractivity contribution in [2.75, 3.05) is 43.9 Å². The third-order valence-electron chi connectivity index (χ3n) is 7.33. The molecule has 0 unspecified atom stereocenters. The van der Waals surface area contributed by atoms with Gasteiger partial charge in [0.25, 0.3) is 4.34 Å². The maximum atomic E-state index is 5.50. The third-order valence-corrected chi connectivity index (χ3v) is 13.1.